The van der Waals surface area contributed by atoms with Crippen LogP contribution in [0.4, 0.5) is 11.8 Å². The van der Waals surface area contributed by atoms with Crippen LogP contribution in [0.2, 0.25) is 5.02 Å². The number of anilines is 2. The molecule has 1 aliphatic carbocycles. The van der Waals surface area contributed by atoms with Crippen molar-refractivity contribution in [1.82, 2.24) is 14.9 Å². The standard InChI is InChI=1S/C26H36ClN5O/c1-17-8-9-21(23(27)13-17)18(2)28-25-22-6-3-7-24(22)29-26(30-25)32-15-20(16-32)19-5-4-10-31(14-19)11-12-33/h8-9,13,18-20,33H,3-7,10-12,14-16H2,1-2H3,(H,28,29,30)/t18-,19+/m1/s1. The fraction of sp³-hybridized carbons (Fsp3) is 0.615. The van der Waals surface area contributed by atoms with E-state index < -0.39 is 0 Å². The predicted octanol–water partition coefficient (Wildman–Crippen LogP) is 4.24. The number of piperidine rings is 1. The highest BCUT2D eigenvalue weighted by Gasteiger charge is 2.37. The van der Waals surface area contributed by atoms with Crippen LogP contribution in [0.3, 0.4) is 0 Å². The number of nitrogens with zero attached hydrogens (tertiary/aromatic N) is 4. The van der Waals surface area contributed by atoms with E-state index in [4.69, 9.17) is 21.6 Å². The number of aryl methyl sites for hydroxylation is 2. The number of rotatable bonds is 7. The van der Waals surface area contributed by atoms with Crippen molar-refractivity contribution >= 4 is 23.4 Å². The molecule has 2 fully saturated rings. The Morgan fingerprint density at radius 1 is 1.15 bits per heavy atom. The quantitative estimate of drug-likeness (QED) is 0.632. The van der Waals surface area contributed by atoms with Crippen LogP contribution in [0.1, 0.15) is 54.6 Å². The topological polar surface area (TPSA) is 64.5 Å². The molecule has 2 atom stereocenters. The normalized spacial score (nSPS) is 22.2. The number of aromatic nitrogens is 2. The zero-order chi connectivity index (χ0) is 22.9. The first-order chi connectivity index (χ1) is 16.0. The Balaban J connectivity index is 1.29. The highest BCUT2D eigenvalue weighted by atomic mass is 35.5. The molecule has 3 heterocycles. The van der Waals surface area contributed by atoms with Gasteiger partial charge in [-0.1, -0.05) is 23.7 Å². The van der Waals surface area contributed by atoms with Crippen LogP contribution in [-0.4, -0.2) is 59.3 Å². The second-order valence-corrected chi connectivity index (χ2v) is 10.5. The summed E-state index contributed by atoms with van der Waals surface area (Å²) in [4.78, 5) is 14.8. The van der Waals surface area contributed by atoms with E-state index in [1.165, 1.54) is 29.7 Å². The Morgan fingerprint density at radius 2 is 2.00 bits per heavy atom. The Labute approximate surface area is 202 Å². The maximum atomic E-state index is 9.29. The molecule has 3 aliphatic rings. The van der Waals surface area contributed by atoms with Crippen molar-refractivity contribution in [2.45, 2.75) is 52.0 Å². The number of nitrogens with one attached hydrogen (secondary N) is 1. The number of aliphatic hydroxyl groups is 1. The van der Waals surface area contributed by atoms with Gasteiger partial charge in [0.15, 0.2) is 0 Å². The van der Waals surface area contributed by atoms with Gasteiger partial charge in [-0.2, -0.15) is 4.98 Å². The molecule has 2 aliphatic heterocycles. The van der Waals surface area contributed by atoms with Crippen LogP contribution in [0.15, 0.2) is 18.2 Å². The average Bonchev–Trinajstić information content (AvgIpc) is 3.22. The molecule has 7 heteroatoms. The second kappa shape index (κ2) is 9.77. The van der Waals surface area contributed by atoms with Crippen molar-refractivity contribution in [3.05, 3.63) is 45.6 Å². The number of β-amino-alcohol motifs (C(OH)–C–C–N with tert-alkyl or cyclic N) is 1. The summed E-state index contributed by atoms with van der Waals surface area (Å²) in [5.41, 5.74) is 4.76. The van der Waals surface area contributed by atoms with E-state index in [1.54, 1.807) is 0 Å². The molecule has 0 radical (unpaired) electrons. The van der Waals surface area contributed by atoms with Gasteiger partial charge in [-0.25, -0.2) is 4.98 Å². The molecule has 0 unspecified atom stereocenters. The van der Waals surface area contributed by atoms with E-state index in [-0.39, 0.29) is 12.6 Å². The fourth-order valence-corrected chi connectivity index (χ4v) is 6.14. The van der Waals surface area contributed by atoms with Crippen molar-refractivity contribution in [1.29, 1.82) is 0 Å². The lowest BCUT2D eigenvalue weighted by Crippen LogP contribution is -2.54. The Hall–Kier alpha value is -1.89. The minimum absolute atomic E-state index is 0.0782. The molecular formula is C26H36ClN5O. The summed E-state index contributed by atoms with van der Waals surface area (Å²) in [6.07, 6.45) is 5.76. The summed E-state index contributed by atoms with van der Waals surface area (Å²) in [7, 11) is 0. The molecule has 2 N–H and O–H groups in total. The number of fused-ring (bicyclic) bond motifs is 1. The summed E-state index contributed by atoms with van der Waals surface area (Å²) in [5.74, 6) is 3.27. The number of aliphatic hydroxyl groups excluding tert-OH is 1. The molecule has 0 amide bonds. The lowest BCUT2D eigenvalue weighted by molar-refractivity contribution is 0.101. The van der Waals surface area contributed by atoms with Gasteiger partial charge < -0.3 is 20.2 Å². The Kier molecular flexibility index (Phi) is 6.77. The molecule has 2 saturated heterocycles. The van der Waals surface area contributed by atoms with Crippen molar-refractivity contribution in [2.75, 3.05) is 49.5 Å². The molecule has 0 saturated carbocycles. The van der Waals surface area contributed by atoms with Crippen LogP contribution in [0, 0.1) is 18.8 Å². The van der Waals surface area contributed by atoms with Gasteiger partial charge in [0.25, 0.3) is 0 Å². The highest BCUT2D eigenvalue weighted by molar-refractivity contribution is 6.31. The summed E-state index contributed by atoms with van der Waals surface area (Å²) in [6, 6.07) is 6.33. The lowest BCUT2D eigenvalue weighted by atomic mass is 9.81. The molecule has 33 heavy (non-hydrogen) atoms. The average molecular weight is 470 g/mol. The van der Waals surface area contributed by atoms with Crippen LogP contribution < -0.4 is 10.2 Å². The van der Waals surface area contributed by atoms with Gasteiger partial charge in [0.05, 0.1) is 18.3 Å². The number of benzene rings is 1. The summed E-state index contributed by atoms with van der Waals surface area (Å²) in [5, 5.41) is 13.8. The van der Waals surface area contributed by atoms with Crippen LogP contribution >= 0.6 is 11.6 Å². The zero-order valence-electron chi connectivity index (χ0n) is 19.9. The van der Waals surface area contributed by atoms with Gasteiger partial charge in [-0.05, 0) is 81.5 Å². The third-order valence-corrected chi connectivity index (χ3v) is 8.04. The largest absolute Gasteiger partial charge is 0.395 e. The van der Waals surface area contributed by atoms with Crippen LogP contribution in [-0.2, 0) is 12.8 Å². The molecule has 178 valence electrons. The van der Waals surface area contributed by atoms with Crippen molar-refractivity contribution in [2.24, 2.45) is 11.8 Å². The van der Waals surface area contributed by atoms with Crippen molar-refractivity contribution < 1.29 is 5.11 Å². The molecule has 5 rings (SSSR count). The van der Waals surface area contributed by atoms with E-state index in [9.17, 15) is 5.11 Å². The first kappa shape index (κ1) is 22.9. The Morgan fingerprint density at radius 3 is 2.79 bits per heavy atom. The van der Waals surface area contributed by atoms with Gasteiger partial charge in [0.2, 0.25) is 5.95 Å². The summed E-state index contributed by atoms with van der Waals surface area (Å²) >= 11 is 6.54. The van der Waals surface area contributed by atoms with Gasteiger partial charge in [-0.3, -0.25) is 0 Å². The minimum atomic E-state index is 0.0782. The van der Waals surface area contributed by atoms with Crippen molar-refractivity contribution in [3.63, 3.8) is 0 Å². The van der Waals surface area contributed by atoms with Gasteiger partial charge in [-0.15, -0.1) is 0 Å². The van der Waals surface area contributed by atoms with E-state index >= 15 is 0 Å². The van der Waals surface area contributed by atoms with Crippen LogP contribution in [0.25, 0.3) is 0 Å². The maximum Gasteiger partial charge on any atom is 0.227 e. The van der Waals surface area contributed by atoms with Gasteiger partial charge >= 0.3 is 0 Å². The molecule has 1 aromatic heterocycles. The molecule has 2 aromatic rings. The number of hydrogen-bond acceptors (Lipinski definition) is 6. The second-order valence-electron chi connectivity index (χ2n) is 10.1. The van der Waals surface area contributed by atoms with Crippen LogP contribution in [0.5, 0.6) is 0 Å². The van der Waals surface area contributed by atoms with E-state index in [0.717, 1.165) is 80.3 Å². The van der Waals surface area contributed by atoms with Gasteiger partial charge in [0.1, 0.15) is 5.82 Å². The number of likely N-dealkylation sites (tertiary alicyclic amines) is 1. The summed E-state index contributed by atoms with van der Waals surface area (Å²) in [6.45, 7) is 9.60. The third kappa shape index (κ3) is 4.84. The van der Waals surface area contributed by atoms with E-state index in [1.807, 2.05) is 6.07 Å². The number of halogens is 1. The highest BCUT2D eigenvalue weighted by Crippen LogP contribution is 2.36. The zero-order valence-corrected chi connectivity index (χ0v) is 20.6. The van der Waals surface area contributed by atoms with Crippen molar-refractivity contribution in [3.8, 4) is 0 Å². The first-order valence-corrected chi connectivity index (χ1v) is 12.9. The predicted molar refractivity (Wildman–Crippen MR) is 134 cm³/mol. The smallest absolute Gasteiger partial charge is 0.227 e. The molecular weight excluding hydrogens is 434 g/mol. The molecule has 1 aromatic carbocycles. The third-order valence-electron chi connectivity index (χ3n) is 7.71. The monoisotopic (exact) mass is 469 g/mol. The van der Waals surface area contributed by atoms with E-state index in [0.29, 0.717) is 5.92 Å². The molecule has 0 bridgehead atoms. The Bertz CT molecular complexity index is 991. The molecule has 0 spiro atoms. The first-order valence-electron chi connectivity index (χ1n) is 12.5. The lowest BCUT2D eigenvalue weighted by Gasteiger charge is -2.46. The maximum absolute atomic E-state index is 9.29. The summed E-state index contributed by atoms with van der Waals surface area (Å²) < 4.78 is 0. The molecule has 6 nitrogen and oxygen atoms in total. The van der Waals surface area contributed by atoms with Gasteiger partial charge in [0, 0.05) is 36.8 Å². The minimum Gasteiger partial charge on any atom is -0.395 e. The SMILES string of the molecule is Cc1ccc([C@@H](C)Nc2nc(N3CC([C@H]4CCCN(CCO)C4)C3)nc3c2CCC3)c(Cl)c1. The van der Waals surface area contributed by atoms with E-state index in [2.05, 4.69) is 41.1 Å². The fourth-order valence-electron chi connectivity index (χ4n) is 5.74. The number of hydrogen-bond donors (Lipinski definition) is 2.